The molecule has 1 fully saturated rings. The first-order chi connectivity index (χ1) is 11.7. The molecule has 5 nitrogen and oxygen atoms in total. The highest BCUT2D eigenvalue weighted by atomic mass is 19.1. The summed E-state index contributed by atoms with van der Waals surface area (Å²) in [7, 11) is 0. The average Bonchev–Trinajstić information content (AvgIpc) is 2.86. The predicted molar refractivity (Wildman–Crippen MR) is 92.1 cm³/mol. The lowest BCUT2D eigenvalue weighted by molar-refractivity contribution is -0.120. The quantitative estimate of drug-likeness (QED) is 0.903. The fourth-order valence-electron chi connectivity index (χ4n) is 3.14. The van der Waals surface area contributed by atoms with Gasteiger partial charge in [-0.15, -0.1) is 0 Å². The molecule has 0 spiro atoms. The van der Waals surface area contributed by atoms with E-state index >= 15 is 0 Å². The SMILES string of the molecule is CC(C(=O)Nc1cn[nH]c1-c1ccccc1F)N1CCCCCC1. The van der Waals surface area contributed by atoms with Gasteiger partial charge in [-0.05, 0) is 45.0 Å². The molecule has 6 heteroatoms. The van der Waals surface area contributed by atoms with Crippen LogP contribution in [0.1, 0.15) is 32.6 Å². The van der Waals surface area contributed by atoms with E-state index in [9.17, 15) is 9.18 Å². The maximum atomic E-state index is 14.0. The highest BCUT2D eigenvalue weighted by Gasteiger charge is 2.23. The van der Waals surface area contributed by atoms with Crippen molar-refractivity contribution in [1.29, 1.82) is 0 Å². The second-order valence-corrected chi connectivity index (χ2v) is 6.25. The average molecular weight is 330 g/mol. The molecule has 1 saturated heterocycles. The highest BCUT2D eigenvalue weighted by Crippen LogP contribution is 2.27. The zero-order valence-corrected chi connectivity index (χ0v) is 13.9. The van der Waals surface area contributed by atoms with Crippen LogP contribution in [-0.2, 0) is 4.79 Å². The molecule has 1 aliphatic rings. The van der Waals surface area contributed by atoms with Crippen LogP contribution in [0.3, 0.4) is 0 Å². The van der Waals surface area contributed by atoms with Crippen molar-refractivity contribution in [1.82, 2.24) is 15.1 Å². The van der Waals surface area contributed by atoms with E-state index in [1.807, 2.05) is 6.92 Å². The Labute approximate surface area is 141 Å². The van der Waals surface area contributed by atoms with E-state index in [0.29, 0.717) is 16.9 Å². The van der Waals surface area contributed by atoms with Crippen LogP contribution in [0, 0.1) is 5.82 Å². The van der Waals surface area contributed by atoms with Crippen LogP contribution in [0.4, 0.5) is 10.1 Å². The molecule has 1 unspecified atom stereocenters. The van der Waals surface area contributed by atoms with Crippen LogP contribution in [0.2, 0.25) is 0 Å². The first-order valence-electron chi connectivity index (χ1n) is 8.50. The third-order valence-corrected chi connectivity index (χ3v) is 4.61. The molecule has 1 amide bonds. The molecule has 1 aromatic heterocycles. The third kappa shape index (κ3) is 3.64. The Morgan fingerprint density at radius 2 is 1.96 bits per heavy atom. The molecular weight excluding hydrogens is 307 g/mol. The van der Waals surface area contributed by atoms with Crippen molar-refractivity contribution in [3.8, 4) is 11.3 Å². The Balaban J connectivity index is 1.73. The van der Waals surface area contributed by atoms with Gasteiger partial charge in [0.1, 0.15) is 5.82 Å². The summed E-state index contributed by atoms with van der Waals surface area (Å²) in [5, 5.41) is 9.63. The third-order valence-electron chi connectivity index (χ3n) is 4.61. The fourth-order valence-corrected chi connectivity index (χ4v) is 3.14. The number of rotatable bonds is 4. The zero-order chi connectivity index (χ0) is 16.9. The van der Waals surface area contributed by atoms with Gasteiger partial charge in [0.15, 0.2) is 0 Å². The van der Waals surface area contributed by atoms with Crippen LogP contribution in [0.25, 0.3) is 11.3 Å². The van der Waals surface area contributed by atoms with Crippen LogP contribution in [-0.4, -0.2) is 40.1 Å². The van der Waals surface area contributed by atoms with E-state index in [2.05, 4.69) is 20.4 Å². The van der Waals surface area contributed by atoms with Gasteiger partial charge >= 0.3 is 0 Å². The summed E-state index contributed by atoms with van der Waals surface area (Å²) in [5.41, 5.74) is 1.39. The molecule has 1 atom stereocenters. The second-order valence-electron chi connectivity index (χ2n) is 6.25. The molecule has 128 valence electrons. The Morgan fingerprint density at radius 1 is 1.25 bits per heavy atom. The smallest absolute Gasteiger partial charge is 0.241 e. The van der Waals surface area contributed by atoms with E-state index in [4.69, 9.17) is 0 Å². The normalized spacial score (nSPS) is 17.2. The molecule has 1 aromatic carbocycles. The van der Waals surface area contributed by atoms with Gasteiger partial charge in [-0.1, -0.05) is 25.0 Å². The molecule has 3 rings (SSSR count). The lowest BCUT2D eigenvalue weighted by atomic mass is 10.1. The summed E-state index contributed by atoms with van der Waals surface area (Å²) < 4.78 is 14.0. The number of carbonyl (C=O) groups is 1. The van der Waals surface area contributed by atoms with E-state index in [0.717, 1.165) is 25.9 Å². The molecule has 1 aliphatic heterocycles. The summed E-state index contributed by atoms with van der Waals surface area (Å²) in [6, 6.07) is 6.23. The summed E-state index contributed by atoms with van der Waals surface area (Å²) in [6.07, 6.45) is 6.23. The topological polar surface area (TPSA) is 61.0 Å². The second kappa shape index (κ2) is 7.57. The van der Waals surface area contributed by atoms with Gasteiger partial charge in [0.05, 0.1) is 23.6 Å². The monoisotopic (exact) mass is 330 g/mol. The number of carbonyl (C=O) groups excluding carboxylic acids is 1. The molecule has 0 saturated carbocycles. The number of nitrogens with one attached hydrogen (secondary N) is 2. The predicted octanol–water partition coefficient (Wildman–Crippen LogP) is 3.42. The van der Waals surface area contributed by atoms with Gasteiger partial charge in [0.25, 0.3) is 0 Å². The van der Waals surface area contributed by atoms with Crippen molar-refractivity contribution < 1.29 is 9.18 Å². The van der Waals surface area contributed by atoms with Crippen LogP contribution in [0.5, 0.6) is 0 Å². The summed E-state index contributed by atoms with van der Waals surface area (Å²) in [6.45, 7) is 3.81. The molecule has 0 aliphatic carbocycles. The van der Waals surface area contributed by atoms with Gasteiger partial charge in [-0.3, -0.25) is 14.8 Å². The maximum Gasteiger partial charge on any atom is 0.241 e. The Hall–Kier alpha value is -2.21. The lowest BCUT2D eigenvalue weighted by Gasteiger charge is -2.26. The summed E-state index contributed by atoms with van der Waals surface area (Å²) in [4.78, 5) is 14.8. The number of halogens is 1. The van der Waals surface area contributed by atoms with Crippen LogP contribution in [0.15, 0.2) is 30.5 Å². The van der Waals surface area contributed by atoms with Crippen LogP contribution >= 0.6 is 0 Å². The molecule has 0 radical (unpaired) electrons. The number of benzene rings is 1. The zero-order valence-electron chi connectivity index (χ0n) is 13.9. The number of anilines is 1. The number of aromatic nitrogens is 2. The Morgan fingerprint density at radius 3 is 2.67 bits per heavy atom. The van der Waals surface area contributed by atoms with Crippen molar-refractivity contribution in [3.63, 3.8) is 0 Å². The van der Waals surface area contributed by atoms with E-state index < -0.39 is 0 Å². The number of likely N-dealkylation sites (tertiary alicyclic amines) is 1. The largest absolute Gasteiger partial charge is 0.322 e. The number of aromatic amines is 1. The standard InChI is InChI=1S/C18H23FN4O/c1-13(23-10-6-2-3-7-11-23)18(24)21-16-12-20-22-17(16)14-8-4-5-9-15(14)19/h4-5,8-9,12-13H,2-3,6-7,10-11H2,1H3,(H,20,22)(H,21,24). The number of amides is 1. The number of hydrogen-bond acceptors (Lipinski definition) is 3. The fraction of sp³-hybridized carbons (Fsp3) is 0.444. The minimum absolute atomic E-state index is 0.0871. The minimum Gasteiger partial charge on any atom is -0.322 e. The van der Waals surface area contributed by atoms with Crippen molar-refractivity contribution in [2.45, 2.75) is 38.6 Å². The van der Waals surface area contributed by atoms with E-state index in [-0.39, 0.29) is 17.8 Å². The van der Waals surface area contributed by atoms with Gasteiger partial charge in [0.2, 0.25) is 5.91 Å². The number of H-pyrrole nitrogens is 1. The van der Waals surface area contributed by atoms with Crippen LogP contribution < -0.4 is 5.32 Å². The van der Waals surface area contributed by atoms with Gasteiger partial charge in [0, 0.05) is 5.56 Å². The Kier molecular flexibility index (Phi) is 5.25. The minimum atomic E-state index is -0.349. The molecule has 2 N–H and O–H groups in total. The van der Waals surface area contributed by atoms with Crippen molar-refractivity contribution >= 4 is 11.6 Å². The summed E-state index contributed by atoms with van der Waals surface area (Å²) >= 11 is 0. The summed E-state index contributed by atoms with van der Waals surface area (Å²) in [5.74, 6) is -0.436. The Bertz CT molecular complexity index is 692. The lowest BCUT2D eigenvalue weighted by Crippen LogP contribution is -2.42. The van der Waals surface area contributed by atoms with E-state index in [1.54, 1.807) is 18.2 Å². The van der Waals surface area contributed by atoms with Crippen molar-refractivity contribution in [2.75, 3.05) is 18.4 Å². The number of hydrogen-bond donors (Lipinski definition) is 2. The molecular formula is C18H23FN4O. The van der Waals surface area contributed by atoms with Gasteiger partial charge in [-0.25, -0.2) is 4.39 Å². The first kappa shape index (κ1) is 16.6. The maximum absolute atomic E-state index is 14.0. The van der Waals surface area contributed by atoms with Crippen molar-refractivity contribution in [3.05, 3.63) is 36.3 Å². The molecule has 2 heterocycles. The molecule has 2 aromatic rings. The van der Waals surface area contributed by atoms with Gasteiger partial charge in [-0.2, -0.15) is 5.10 Å². The number of nitrogens with zero attached hydrogens (tertiary/aromatic N) is 2. The molecule has 0 bridgehead atoms. The molecule has 24 heavy (non-hydrogen) atoms. The van der Waals surface area contributed by atoms with Gasteiger partial charge < -0.3 is 5.32 Å². The van der Waals surface area contributed by atoms with E-state index in [1.165, 1.54) is 25.1 Å². The van der Waals surface area contributed by atoms with Crippen molar-refractivity contribution in [2.24, 2.45) is 0 Å². The first-order valence-corrected chi connectivity index (χ1v) is 8.50. The highest BCUT2D eigenvalue weighted by molar-refractivity contribution is 5.97.